The number of urea groups is 2. The summed E-state index contributed by atoms with van der Waals surface area (Å²) in [6.07, 6.45) is -7.03. The minimum absolute atomic E-state index is 0. The summed E-state index contributed by atoms with van der Waals surface area (Å²) in [5, 5.41) is 27.4. The van der Waals surface area contributed by atoms with Gasteiger partial charge >= 0.3 is 48.6 Å². The van der Waals surface area contributed by atoms with Crippen LogP contribution >= 0.6 is 24.8 Å². The summed E-state index contributed by atoms with van der Waals surface area (Å²) in [5.74, 6) is -1.18. The maximum Gasteiger partial charge on any atom is 0.421 e. The van der Waals surface area contributed by atoms with Crippen LogP contribution in [-0.2, 0) is 57.6 Å². The summed E-state index contributed by atoms with van der Waals surface area (Å²) in [6.45, 7) is 21.9. The van der Waals surface area contributed by atoms with Crippen molar-refractivity contribution in [2.75, 3.05) is 75.4 Å². The van der Waals surface area contributed by atoms with Gasteiger partial charge in [0.25, 0.3) is 0 Å². The number of anilines is 2. The van der Waals surface area contributed by atoms with Crippen LogP contribution in [0.15, 0.2) is 78.9 Å². The predicted octanol–water partition coefficient (Wildman–Crippen LogP) is 9.30. The molecule has 3 fully saturated rings. The molecule has 502 valence electrons. The first kappa shape index (κ1) is 75.1. The normalized spacial score (nSPS) is 16.8. The lowest BCUT2D eigenvalue weighted by molar-refractivity contribution is -0.178. The fourth-order valence-electron chi connectivity index (χ4n) is 9.00. The number of piperazine rings is 2. The zero-order valence-corrected chi connectivity index (χ0v) is 55.3. The van der Waals surface area contributed by atoms with E-state index in [1.54, 1.807) is 141 Å². The molecule has 0 saturated carbocycles. The molecule has 3 heterocycles. The third-order valence-corrected chi connectivity index (χ3v) is 13.1. The molecule has 3 aliphatic rings. The number of benzene rings is 3. The first-order valence-electron chi connectivity index (χ1n) is 29.3. The standard InChI is InChI=1S/C61H86N12O16.2ClH/c1-58(2,3)86-52(76)66-48(62)72(56(80)88-60(7,8)9)43-22-18-40(19-23-43)36-64-50(74)68-27-31-70(32-28-68)54(78)84-39-46-47(83-38-42-16-14-13-15-17-42)45(26-35-82-46)85-55(79)71-33-29-69(30-34-71)51(75)65-37-41-20-24-44(25-21-41)73(57(81)89-61(10,11)12)49(63)67-53(77)87-59(4,5)6;;/h13-25,45-47H,26-39H2,1-12H3,(H,64,74)(H,65,75)(H2,62,66,76)(H2,63,67,77);2*1H/t45-,46-,47+;;/m1../s1. The molecule has 3 aromatic rings. The van der Waals surface area contributed by atoms with Gasteiger partial charge in [-0.25, -0.2) is 48.2 Å². The van der Waals surface area contributed by atoms with Gasteiger partial charge in [-0.15, -0.1) is 24.8 Å². The minimum Gasteiger partial charge on any atom is -0.447 e. The molecule has 0 aromatic heterocycles. The monoisotopic (exact) mass is 1310 g/mol. The second-order valence-corrected chi connectivity index (χ2v) is 25.1. The molecule has 6 N–H and O–H groups in total. The molecule has 3 atom stereocenters. The highest BCUT2D eigenvalue weighted by Gasteiger charge is 2.41. The molecule has 10 amide bonds. The van der Waals surface area contributed by atoms with Crippen LogP contribution in [0.3, 0.4) is 0 Å². The number of hydrogen-bond donors (Lipinski definition) is 6. The van der Waals surface area contributed by atoms with Gasteiger partial charge < -0.3 is 68.1 Å². The number of guanidine groups is 2. The van der Waals surface area contributed by atoms with Crippen molar-refractivity contribution in [2.24, 2.45) is 0 Å². The van der Waals surface area contributed by atoms with E-state index in [1.807, 2.05) is 30.3 Å². The van der Waals surface area contributed by atoms with Gasteiger partial charge in [0.2, 0.25) is 11.9 Å². The van der Waals surface area contributed by atoms with Gasteiger partial charge in [-0.05, 0) is 124 Å². The highest BCUT2D eigenvalue weighted by Crippen LogP contribution is 2.26. The summed E-state index contributed by atoms with van der Waals surface area (Å²) < 4.78 is 45.9. The molecule has 3 saturated heterocycles. The molecule has 3 aliphatic heterocycles. The van der Waals surface area contributed by atoms with Gasteiger partial charge in [0.15, 0.2) is 0 Å². The van der Waals surface area contributed by atoms with Crippen LogP contribution in [0.5, 0.6) is 0 Å². The zero-order valence-electron chi connectivity index (χ0n) is 53.7. The third-order valence-electron chi connectivity index (χ3n) is 13.1. The minimum atomic E-state index is -0.928. The van der Waals surface area contributed by atoms with Crippen molar-refractivity contribution in [3.63, 3.8) is 0 Å². The smallest absolute Gasteiger partial charge is 0.421 e. The lowest BCUT2D eigenvalue weighted by Gasteiger charge is -2.39. The Bertz CT molecular complexity index is 2980. The number of halogens is 2. The fraction of sp³-hybridized carbons (Fsp3) is 0.541. The van der Waals surface area contributed by atoms with Crippen molar-refractivity contribution in [1.29, 1.82) is 10.8 Å². The molecule has 0 aliphatic carbocycles. The number of nitrogens with zero attached hydrogens (tertiary/aromatic N) is 6. The van der Waals surface area contributed by atoms with E-state index in [4.69, 9.17) is 48.7 Å². The van der Waals surface area contributed by atoms with Crippen LogP contribution in [0.2, 0.25) is 0 Å². The van der Waals surface area contributed by atoms with Gasteiger partial charge in [-0.3, -0.25) is 21.5 Å². The molecule has 0 spiro atoms. The van der Waals surface area contributed by atoms with Crippen molar-refractivity contribution in [3.05, 3.63) is 95.6 Å². The molecule has 3 aromatic carbocycles. The Labute approximate surface area is 543 Å². The predicted molar refractivity (Wildman–Crippen MR) is 341 cm³/mol. The summed E-state index contributed by atoms with van der Waals surface area (Å²) in [6, 6.07) is 21.5. The number of hydrogen-bond acceptors (Lipinski definition) is 18. The molecule has 0 unspecified atom stereocenters. The maximum absolute atomic E-state index is 13.8. The van der Waals surface area contributed by atoms with E-state index in [0.717, 1.165) is 15.4 Å². The maximum atomic E-state index is 13.8. The van der Waals surface area contributed by atoms with E-state index >= 15 is 0 Å². The molecule has 0 bridgehead atoms. The van der Waals surface area contributed by atoms with Crippen molar-refractivity contribution in [2.45, 2.75) is 150 Å². The van der Waals surface area contributed by atoms with Gasteiger partial charge in [0.05, 0.1) is 24.6 Å². The lowest BCUT2D eigenvalue weighted by Crippen LogP contribution is -2.56. The number of amides is 10. The molecule has 6 rings (SSSR count). The summed E-state index contributed by atoms with van der Waals surface area (Å²) in [5.41, 5.74) is -0.896. The summed E-state index contributed by atoms with van der Waals surface area (Å²) in [7, 11) is 0. The van der Waals surface area contributed by atoms with Crippen molar-refractivity contribution in [1.82, 2.24) is 40.9 Å². The molecular formula is C61H88Cl2N12O16. The van der Waals surface area contributed by atoms with Crippen molar-refractivity contribution < 1.29 is 76.3 Å². The van der Waals surface area contributed by atoms with Crippen molar-refractivity contribution >= 4 is 96.7 Å². The SMILES string of the molecule is CC(C)(C)OC(=O)NC(=N)N(C(=O)OC(C)(C)C)c1ccc(CNC(=O)N2CCN(C(=O)OC[C@H]3OCC[C@@H](OC(=O)N4CCN(C(=O)NCc5ccc(N(C(=N)NC(=O)OC(C)(C)C)C(=O)OC(C)(C)C)cc5)CC4)[C@@H]3OCc3ccccc3)CC2)cc1.Cl.Cl. The third kappa shape index (κ3) is 24.4. The average Bonchev–Trinajstić information content (AvgIpc) is 2.15. The van der Waals surface area contributed by atoms with Crippen LogP contribution in [0, 0.1) is 10.8 Å². The topological polar surface area (TPSA) is 326 Å². The number of carbonyl (C=O) groups excluding carboxylic acids is 8. The average molecular weight is 1320 g/mol. The molecule has 91 heavy (non-hydrogen) atoms. The number of alkyl carbamates (subject to hydrolysis) is 2. The van der Waals surface area contributed by atoms with Gasteiger partial charge in [0.1, 0.15) is 47.3 Å². The van der Waals surface area contributed by atoms with Crippen LogP contribution in [-0.4, -0.2) is 186 Å². The lowest BCUT2D eigenvalue weighted by atomic mass is 10.0. The van der Waals surface area contributed by atoms with Crippen LogP contribution in [0.25, 0.3) is 0 Å². The van der Waals surface area contributed by atoms with Crippen LogP contribution < -0.4 is 31.1 Å². The highest BCUT2D eigenvalue weighted by atomic mass is 35.5. The number of rotatable bonds is 12. The molecule has 0 radical (unpaired) electrons. The Hall–Kier alpha value is -8.34. The zero-order chi connectivity index (χ0) is 65.4. The van der Waals surface area contributed by atoms with Crippen molar-refractivity contribution in [3.8, 4) is 0 Å². The van der Waals surface area contributed by atoms with E-state index in [2.05, 4.69) is 21.3 Å². The second kappa shape index (κ2) is 33.1. The van der Waals surface area contributed by atoms with E-state index in [-0.39, 0.29) is 134 Å². The van der Waals surface area contributed by atoms with Gasteiger partial charge in [0, 0.05) is 71.9 Å². The number of ether oxygens (including phenoxy) is 8. The Kier molecular flexibility index (Phi) is 27.3. The Balaban J connectivity index is 0.00000884. The number of nitrogens with one attached hydrogen (secondary N) is 6. The Morgan fingerprint density at radius 1 is 0.516 bits per heavy atom. The van der Waals surface area contributed by atoms with E-state index < -0.39 is 89.2 Å². The summed E-state index contributed by atoms with van der Waals surface area (Å²) in [4.78, 5) is 113. The highest BCUT2D eigenvalue weighted by molar-refractivity contribution is 6.16. The number of carbonyl (C=O) groups is 8. The fourth-order valence-corrected chi connectivity index (χ4v) is 9.00. The van der Waals surface area contributed by atoms with Crippen LogP contribution in [0.1, 0.15) is 106 Å². The molecular weight excluding hydrogens is 1230 g/mol. The Morgan fingerprint density at radius 3 is 1.30 bits per heavy atom. The van der Waals surface area contributed by atoms with Gasteiger partial charge in [-0.1, -0.05) is 54.6 Å². The first-order valence-corrected chi connectivity index (χ1v) is 29.3. The van der Waals surface area contributed by atoms with E-state index in [0.29, 0.717) is 17.5 Å². The largest absolute Gasteiger partial charge is 0.447 e. The first-order chi connectivity index (χ1) is 41.7. The summed E-state index contributed by atoms with van der Waals surface area (Å²) >= 11 is 0. The molecule has 28 nitrogen and oxygen atoms in total. The van der Waals surface area contributed by atoms with Crippen LogP contribution in [0.4, 0.5) is 49.7 Å². The molecule has 30 heteroatoms. The second-order valence-electron chi connectivity index (χ2n) is 25.1. The Morgan fingerprint density at radius 2 is 0.901 bits per heavy atom. The van der Waals surface area contributed by atoms with Gasteiger partial charge in [-0.2, -0.15) is 0 Å². The van der Waals surface area contributed by atoms with E-state index in [9.17, 15) is 38.4 Å². The quantitative estimate of drug-likeness (QED) is 0.0559. The van der Waals surface area contributed by atoms with E-state index in [1.165, 1.54) is 9.80 Å².